The molecule has 0 aliphatic rings. The second-order valence-corrected chi connectivity index (χ2v) is 7.91. The number of nitrogens with zero attached hydrogens (tertiary/aromatic N) is 4. The smallest absolute Gasteiger partial charge is 0.291 e. The molecule has 1 unspecified atom stereocenters. The lowest BCUT2D eigenvalue weighted by Crippen LogP contribution is -2.28. The molecule has 1 amide bonds. The first-order valence-corrected chi connectivity index (χ1v) is 10.5. The first kappa shape index (κ1) is 19.1. The highest BCUT2D eigenvalue weighted by Gasteiger charge is 2.22. The second-order valence-electron chi connectivity index (χ2n) is 6.96. The van der Waals surface area contributed by atoms with Gasteiger partial charge in [0.25, 0.3) is 5.91 Å². The molecule has 0 aliphatic heterocycles. The van der Waals surface area contributed by atoms with Gasteiger partial charge < -0.3 is 10.3 Å². The summed E-state index contributed by atoms with van der Waals surface area (Å²) in [4.78, 5) is 26.0. The minimum Gasteiger partial charge on any atom is -0.340 e. The zero-order valence-corrected chi connectivity index (χ0v) is 17.2. The summed E-state index contributed by atoms with van der Waals surface area (Å²) in [5.74, 6) is 0.413. The highest BCUT2D eigenvalue weighted by atomic mass is 32.1. The Morgan fingerprint density at radius 2 is 1.90 bits per heavy atom. The summed E-state index contributed by atoms with van der Waals surface area (Å²) < 4.78 is 14.9. The number of hydrogen-bond donors (Lipinski definition) is 2. The van der Waals surface area contributed by atoms with E-state index in [2.05, 4.69) is 25.4 Å². The summed E-state index contributed by atoms with van der Waals surface area (Å²) >= 11 is 1.48. The van der Waals surface area contributed by atoms with E-state index >= 15 is 0 Å². The molecular formula is C22H17FN6OS. The molecule has 9 heteroatoms. The van der Waals surface area contributed by atoms with Crippen molar-refractivity contribution in [3.8, 4) is 16.4 Å². The molecule has 0 radical (unpaired) electrons. The quantitative estimate of drug-likeness (QED) is 0.428. The molecule has 0 fully saturated rings. The number of aromatic amines is 1. The first-order valence-electron chi connectivity index (χ1n) is 9.61. The number of thiophene rings is 1. The number of benzene rings is 2. The number of aromatic nitrogens is 5. The fourth-order valence-corrected chi connectivity index (χ4v) is 3.94. The lowest BCUT2D eigenvalue weighted by molar-refractivity contribution is 0.0928. The van der Waals surface area contributed by atoms with Crippen molar-refractivity contribution in [2.75, 3.05) is 0 Å². The van der Waals surface area contributed by atoms with E-state index in [9.17, 15) is 9.18 Å². The third-order valence-electron chi connectivity index (χ3n) is 4.79. The summed E-state index contributed by atoms with van der Waals surface area (Å²) in [5.41, 5.74) is 2.34. The highest BCUT2D eigenvalue weighted by Crippen LogP contribution is 2.26. The van der Waals surface area contributed by atoms with Gasteiger partial charge in [-0.2, -0.15) is 0 Å². The second kappa shape index (κ2) is 7.77. The van der Waals surface area contributed by atoms with Gasteiger partial charge in [0.2, 0.25) is 5.82 Å². The van der Waals surface area contributed by atoms with Gasteiger partial charge >= 0.3 is 0 Å². The fraction of sp³-hybridized carbons (Fsp3) is 0.0909. The zero-order valence-electron chi connectivity index (χ0n) is 16.4. The van der Waals surface area contributed by atoms with Gasteiger partial charge in [-0.25, -0.2) is 19.0 Å². The minimum absolute atomic E-state index is 0.0238. The number of amides is 1. The number of carbonyl (C=O) groups is 1. The lowest BCUT2D eigenvalue weighted by atomic mass is 10.3. The van der Waals surface area contributed by atoms with Gasteiger partial charge in [-0.15, -0.1) is 16.4 Å². The largest absolute Gasteiger partial charge is 0.340 e. The summed E-state index contributed by atoms with van der Waals surface area (Å²) in [7, 11) is 0. The predicted octanol–water partition coefficient (Wildman–Crippen LogP) is 4.50. The number of fused-ring (bicyclic) bond motifs is 1. The molecule has 0 bridgehead atoms. The van der Waals surface area contributed by atoms with Crippen molar-refractivity contribution >= 4 is 28.3 Å². The zero-order chi connectivity index (χ0) is 21.4. The highest BCUT2D eigenvalue weighted by molar-refractivity contribution is 7.13. The molecular weight excluding hydrogens is 415 g/mol. The van der Waals surface area contributed by atoms with Crippen LogP contribution in [0, 0.1) is 5.82 Å². The van der Waals surface area contributed by atoms with Crippen LogP contribution in [-0.4, -0.2) is 30.6 Å². The van der Waals surface area contributed by atoms with Crippen LogP contribution in [0.15, 0.2) is 66.0 Å². The van der Waals surface area contributed by atoms with Gasteiger partial charge in [-0.1, -0.05) is 18.2 Å². The van der Waals surface area contributed by atoms with Crippen molar-refractivity contribution in [2.45, 2.75) is 13.0 Å². The predicted molar refractivity (Wildman–Crippen MR) is 117 cm³/mol. The van der Waals surface area contributed by atoms with Gasteiger partial charge in [0.05, 0.1) is 27.6 Å². The molecule has 31 heavy (non-hydrogen) atoms. The topological polar surface area (TPSA) is 88.5 Å². The summed E-state index contributed by atoms with van der Waals surface area (Å²) in [6.45, 7) is 1.84. The van der Waals surface area contributed by atoms with Crippen molar-refractivity contribution < 1.29 is 9.18 Å². The maximum absolute atomic E-state index is 13.4. The SMILES string of the molecule is CC(NC(=O)c1nc(-c2cccs2)n(-c2ccc(F)cc2)n1)c1nc2ccccc2[nH]1. The maximum atomic E-state index is 13.4. The molecule has 2 aromatic carbocycles. The summed E-state index contributed by atoms with van der Waals surface area (Å²) in [5, 5.41) is 9.21. The lowest BCUT2D eigenvalue weighted by Gasteiger charge is -2.09. The third-order valence-corrected chi connectivity index (χ3v) is 5.65. The molecule has 0 aliphatic carbocycles. The van der Waals surface area contributed by atoms with Crippen LogP contribution >= 0.6 is 11.3 Å². The molecule has 3 aromatic heterocycles. The van der Waals surface area contributed by atoms with Crippen LogP contribution in [0.4, 0.5) is 4.39 Å². The van der Waals surface area contributed by atoms with Gasteiger partial charge in [0.15, 0.2) is 5.82 Å². The van der Waals surface area contributed by atoms with Crippen LogP contribution in [0.25, 0.3) is 27.4 Å². The molecule has 1 atom stereocenters. The molecule has 2 N–H and O–H groups in total. The number of para-hydroxylation sites is 2. The van der Waals surface area contributed by atoms with E-state index in [0.717, 1.165) is 15.9 Å². The Kier molecular flexibility index (Phi) is 4.79. The third kappa shape index (κ3) is 3.71. The molecule has 7 nitrogen and oxygen atoms in total. The molecule has 3 heterocycles. The van der Waals surface area contributed by atoms with Crippen molar-refractivity contribution in [2.24, 2.45) is 0 Å². The van der Waals surface area contributed by atoms with E-state index in [1.807, 2.05) is 48.7 Å². The Labute approximate surface area is 180 Å². The van der Waals surface area contributed by atoms with Gasteiger partial charge in [-0.3, -0.25) is 4.79 Å². The van der Waals surface area contributed by atoms with Gasteiger partial charge in [0, 0.05) is 0 Å². The number of carbonyl (C=O) groups excluding carboxylic acids is 1. The molecule has 154 valence electrons. The Balaban J connectivity index is 1.45. The Morgan fingerprint density at radius 3 is 2.65 bits per heavy atom. The van der Waals surface area contributed by atoms with E-state index in [-0.39, 0.29) is 17.7 Å². The van der Waals surface area contributed by atoms with E-state index in [0.29, 0.717) is 17.3 Å². The van der Waals surface area contributed by atoms with Crippen molar-refractivity contribution in [3.63, 3.8) is 0 Å². The normalized spacial score (nSPS) is 12.2. The van der Waals surface area contributed by atoms with Crippen molar-refractivity contribution in [1.29, 1.82) is 0 Å². The molecule has 0 saturated carbocycles. The average Bonchev–Trinajstić information content (AvgIpc) is 3.52. The molecule has 5 aromatic rings. The van der Waals surface area contributed by atoms with Gasteiger partial charge in [-0.05, 0) is 54.8 Å². The van der Waals surface area contributed by atoms with Crippen LogP contribution in [-0.2, 0) is 0 Å². The molecule has 5 rings (SSSR count). The Morgan fingerprint density at radius 1 is 1.10 bits per heavy atom. The monoisotopic (exact) mass is 432 g/mol. The van der Waals surface area contributed by atoms with Crippen LogP contribution in [0.1, 0.15) is 29.4 Å². The Bertz CT molecular complexity index is 1320. The summed E-state index contributed by atoms with van der Waals surface area (Å²) in [6, 6.07) is 17.0. The number of hydrogen-bond acceptors (Lipinski definition) is 5. The van der Waals surface area contributed by atoms with E-state index in [1.54, 1.807) is 16.8 Å². The van der Waals surface area contributed by atoms with Crippen molar-refractivity contribution in [1.82, 2.24) is 30.0 Å². The van der Waals surface area contributed by atoms with Crippen LogP contribution < -0.4 is 5.32 Å². The fourth-order valence-electron chi connectivity index (χ4n) is 3.24. The van der Waals surface area contributed by atoms with E-state index in [1.165, 1.54) is 23.5 Å². The average molecular weight is 432 g/mol. The molecule has 0 spiro atoms. The van der Waals surface area contributed by atoms with Gasteiger partial charge in [0.1, 0.15) is 11.6 Å². The van der Waals surface area contributed by atoms with Crippen LogP contribution in [0.3, 0.4) is 0 Å². The number of nitrogens with one attached hydrogen (secondary N) is 2. The number of halogens is 1. The van der Waals surface area contributed by atoms with Crippen LogP contribution in [0.2, 0.25) is 0 Å². The number of rotatable bonds is 5. The van der Waals surface area contributed by atoms with E-state index < -0.39 is 5.91 Å². The Hall–Kier alpha value is -3.85. The molecule has 0 saturated heterocycles. The van der Waals surface area contributed by atoms with Crippen LogP contribution in [0.5, 0.6) is 0 Å². The maximum Gasteiger partial charge on any atom is 0.291 e. The first-order chi connectivity index (χ1) is 15.1. The standard InChI is InChI=1S/C22H17FN6OS/c1-13(19-25-16-5-2-3-6-17(16)26-19)24-22(30)20-27-21(18-7-4-12-31-18)29(28-20)15-10-8-14(23)9-11-15/h2-13H,1H3,(H,24,30)(H,25,26). The number of imidazole rings is 1. The minimum atomic E-state index is -0.424. The summed E-state index contributed by atoms with van der Waals surface area (Å²) in [6.07, 6.45) is 0. The number of H-pyrrole nitrogens is 1. The van der Waals surface area contributed by atoms with E-state index in [4.69, 9.17) is 0 Å². The van der Waals surface area contributed by atoms with Crippen molar-refractivity contribution in [3.05, 3.63) is 83.5 Å².